The van der Waals surface area contributed by atoms with E-state index in [1.807, 2.05) is 0 Å². The molecule has 3 aliphatic carbocycles. The summed E-state index contributed by atoms with van der Waals surface area (Å²) in [4.78, 5) is 12.2. The van der Waals surface area contributed by atoms with Gasteiger partial charge in [-0.2, -0.15) is 5.10 Å². The molecule has 0 radical (unpaired) electrons. The van der Waals surface area contributed by atoms with Crippen LogP contribution in [0, 0.1) is 17.3 Å². The van der Waals surface area contributed by atoms with Crippen LogP contribution in [-0.2, 0) is 7.05 Å². The fourth-order valence-corrected chi connectivity index (χ4v) is 4.64. The summed E-state index contributed by atoms with van der Waals surface area (Å²) < 4.78 is 1.32. The summed E-state index contributed by atoms with van der Waals surface area (Å²) in [6.45, 7) is 0. The number of aromatic nitrogens is 2. The summed E-state index contributed by atoms with van der Waals surface area (Å²) in [6, 6.07) is 0.330. The van der Waals surface area contributed by atoms with Gasteiger partial charge in [-0.25, -0.2) is 4.68 Å². The summed E-state index contributed by atoms with van der Waals surface area (Å²) >= 11 is 0. The quantitative estimate of drug-likeness (QED) is 0.846. The molecular formula is C14H19N3O2. The highest BCUT2D eigenvalue weighted by Crippen LogP contribution is 2.70. The van der Waals surface area contributed by atoms with Crippen molar-refractivity contribution in [1.82, 2.24) is 15.1 Å². The van der Waals surface area contributed by atoms with Gasteiger partial charge in [0, 0.05) is 13.1 Å². The van der Waals surface area contributed by atoms with E-state index in [9.17, 15) is 9.90 Å². The zero-order valence-electron chi connectivity index (χ0n) is 11.1. The van der Waals surface area contributed by atoms with Crippen molar-refractivity contribution in [3.05, 3.63) is 11.8 Å². The average molecular weight is 261 g/mol. The molecule has 2 N–H and O–H groups in total. The summed E-state index contributed by atoms with van der Waals surface area (Å²) in [5, 5.41) is 16.8. The van der Waals surface area contributed by atoms with E-state index in [1.54, 1.807) is 7.05 Å². The Morgan fingerprint density at radius 1 is 1.63 bits per heavy atom. The number of nitrogens with one attached hydrogen (secondary N) is 1. The summed E-state index contributed by atoms with van der Waals surface area (Å²) in [5.41, 5.74) is 0.687. The number of aromatic hydroxyl groups is 1. The highest BCUT2D eigenvalue weighted by atomic mass is 16.3. The fourth-order valence-electron chi connectivity index (χ4n) is 4.64. The predicted molar refractivity (Wildman–Crippen MR) is 68.6 cm³/mol. The highest BCUT2D eigenvalue weighted by molar-refractivity contribution is 5.96. The molecule has 0 aromatic carbocycles. The van der Waals surface area contributed by atoms with Gasteiger partial charge < -0.3 is 10.4 Å². The molecule has 2 bridgehead atoms. The number of aryl methyl sites for hydroxylation is 1. The molecule has 1 spiro atoms. The van der Waals surface area contributed by atoms with E-state index in [0.29, 0.717) is 17.4 Å². The zero-order valence-corrected chi connectivity index (χ0v) is 11.1. The van der Waals surface area contributed by atoms with Crippen molar-refractivity contribution in [2.75, 3.05) is 0 Å². The Labute approximate surface area is 112 Å². The van der Waals surface area contributed by atoms with Crippen LogP contribution < -0.4 is 5.32 Å². The van der Waals surface area contributed by atoms with Crippen LogP contribution in [-0.4, -0.2) is 26.8 Å². The van der Waals surface area contributed by atoms with E-state index in [0.717, 1.165) is 5.92 Å². The van der Waals surface area contributed by atoms with Crippen molar-refractivity contribution < 1.29 is 9.90 Å². The first-order valence-electron chi connectivity index (χ1n) is 7.13. The number of nitrogens with zero attached hydrogens (tertiary/aromatic N) is 2. The number of hydrogen-bond acceptors (Lipinski definition) is 3. The Bertz CT molecular complexity index is 553. The minimum Gasteiger partial charge on any atom is -0.493 e. The molecular weight excluding hydrogens is 242 g/mol. The van der Waals surface area contributed by atoms with Crippen LogP contribution in [0.15, 0.2) is 6.20 Å². The van der Waals surface area contributed by atoms with Crippen LogP contribution in [0.5, 0.6) is 5.88 Å². The van der Waals surface area contributed by atoms with E-state index < -0.39 is 0 Å². The number of fused-ring (bicyclic) bond motifs is 1. The molecule has 1 aromatic rings. The van der Waals surface area contributed by atoms with Gasteiger partial charge in [0.2, 0.25) is 5.88 Å². The van der Waals surface area contributed by atoms with Gasteiger partial charge in [-0.05, 0) is 36.5 Å². The van der Waals surface area contributed by atoms with E-state index in [1.165, 1.54) is 43.0 Å². The lowest BCUT2D eigenvalue weighted by Gasteiger charge is -2.25. The van der Waals surface area contributed by atoms with Gasteiger partial charge in [-0.3, -0.25) is 4.79 Å². The third-order valence-electron chi connectivity index (χ3n) is 5.60. The second-order valence-electron chi connectivity index (χ2n) is 6.49. The summed E-state index contributed by atoms with van der Waals surface area (Å²) in [7, 11) is 1.63. The molecule has 19 heavy (non-hydrogen) atoms. The molecule has 5 nitrogen and oxygen atoms in total. The molecule has 1 heterocycles. The number of rotatable bonds is 2. The smallest absolute Gasteiger partial charge is 0.258 e. The molecule has 1 amide bonds. The van der Waals surface area contributed by atoms with E-state index in [-0.39, 0.29) is 17.4 Å². The SMILES string of the molecule is Cn1ncc(C(=O)NC2C3CC4CCCC32C4)c1O. The zero-order chi connectivity index (χ0) is 13.2. The number of carbonyl (C=O) groups is 1. The van der Waals surface area contributed by atoms with Crippen molar-refractivity contribution in [2.45, 2.75) is 38.1 Å². The lowest BCUT2D eigenvalue weighted by molar-refractivity contribution is 0.0933. The van der Waals surface area contributed by atoms with Crippen LogP contribution in [0.25, 0.3) is 0 Å². The van der Waals surface area contributed by atoms with Crippen LogP contribution in [0.4, 0.5) is 0 Å². The van der Waals surface area contributed by atoms with Gasteiger partial charge >= 0.3 is 0 Å². The Morgan fingerprint density at radius 3 is 3.21 bits per heavy atom. The van der Waals surface area contributed by atoms with E-state index >= 15 is 0 Å². The van der Waals surface area contributed by atoms with Crippen molar-refractivity contribution in [3.8, 4) is 5.88 Å². The first-order valence-corrected chi connectivity index (χ1v) is 7.13. The van der Waals surface area contributed by atoms with Crippen molar-refractivity contribution >= 4 is 5.91 Å². The van der Waals surface area contributed by atoms with Gasteiger partial charge in [0.05, 0.1) is 6.20 Å². The molecule has 0 aliphatic heterocycles. The predicted octanol–water partition coefficient (Wildman–Crippen LogP) is 1.43. The molecule has 3 fully saturated rings. The standard InChI is InChI=1S/C14H19N3O2/c1-17-13(19)9(7-15-17)12(18)16-11-10-5-8-3-2-4-14(10,11)6-8/h7-8,10-11,19H,2-6H2,1H3,(H,16,18). The molecule has 0 saturated heterocycles. The van der Waals surface area contributed by atoms with Crippen molar-refractivity contribution in [2.24, 2.45) is 24.3 Å². The van der Waals surface area contributed by atoms with Crippen LogP contribution in [0.1, 0.15) is 42.5 Å². The Kier molecular flexibility index (Phi) is 2.10. The molecule has 1 aromatic heterocycles. The van der Waals surface area contributed by atoms with Gasteiger partial charge in [-0.1, -0.05) is 12.8 Å². The van der Waals surface area contributed by atoms with E-state index in [4.69, 9.17) is 0 Å². The molecule has 3 saturated carbocycles. The average Bonchev–Trinajstić information content (AvgIpc) is 2.69. The Hall–Kier alpha value is -1.52. The molecule has 4 rings (SSSR count). The second kappa shape index (κ2) is 3.52. The Balaban J connectivity index is 1.49. The maximum absolute atomic E-state index is 12.2. The fraction of sp³-hybridized carbons (Fsp3) is 0.714. The number of hydrogen-bond donors (Lipinski definition) is 2. The highest BCUT2D eigenvalue weighted by Gasteiger charge is 2.69. The van der Waals surface area contributed by atoms with Crippen molar-refractivity contribution in [1.29, 1.82) is 0 Å². The maximum atomic E-state index is 12.2. The van der Waals surface area contributed by atoms with Gasteiger partial charge in [-0.15, -0.1) is 0 Å². The van der Waals surface area contributed by atoms with Crippen LogP contribution in [0.3, 0.4) is 0 Å². The monoisotopic (exact) mass is 261 g/mol. The minimum atomic E-state index is -0.179. The minimum absolute atomic E-state index is 0.0534. The Morgan fingerprint density at radius 2 is 2.47 bits per heavy atom. The first kappa shape index (κ1) is 11.3. The molecule has 5 heteroatoms. The van der Waals surface area contributed by atoms with Crippen molar-refractivity contribution in [3.63, 3.8) is 0 Å². The number of amides is 1. The summed E-state index contributed by atoms with van der Waals surface area (Å²) in [6.07, 6.45) is 7.96. The number of carbonyl (C=O) groups excluding carboxylic acids is 1. The molecule has 102 valence electrons. The lowest BCUT2D eigenvalue weighted by Crippen LogP contribution is -2.32. The third kappa shape index (κ3) is 1.41. The molecule has 3 aliphatic rings. The summed E-state index contributed by atoms with van der Waals surface area (Å²) in [5.74, 6) is 1.35. The topological polar surface area (TPSA) is 67.2 Å². The molecule has 4 atom stereocenters. The molecule has 4 unspecified atom stereocenters. The lowest BCUT2D eigenvalue weighted by atomic mass is 9.82. The second-order valence-corrected chi connectivity index (χ2v) is 6.49. The van der Waals surface area contributed by atoms with Gasteiger partial charge in [0.15, 0.2) is 0 Å². The van der Waals surface area contributed by atoms with Crippen LogP contribution in [0.2, 0.25) is 0 Å². The van der Waals surface area contributed by atoms with E-state index in [2.05, 4.69) is 10.4 Å². The first-order chi connectivity index (χ1) is 9.12. The van der Waals surface area contributed by atoms with Crippen LogP contribution >= 0.6 is 0 Å². The normalized spacial score (nSPS) is 38.9. The maximum Gasteiger partial charge on any atom is 0.258 e. The van der Waals surface area contributed by atoms with Gasteiger partial charge in [0.1, 0.15) is 5.56 Å². The van der Waals surface area contributed by atoms with Gasteiger partial charge in [0.25, 0.3) is 5.91 Å². The largest absolute Gasteiger partial charge is 0.493 e. The third-order valence-corrected chi connectivity index (χ3v) is 5.60.